The minimum Gasteiger partial charge on any atom is -0.393 e. The van der Waals surface area contributed by atoms with Crippen molar-refractivity contribution in [1.82, 2.24) is 19.7 Å². The standard InChI is InChI=1S/C18H17F4N5O2/c1-17(29,10-28)9-27-8-12(7-24-27)11-4-13(19)6-14(5-11)25-16-23-3-2-15(26-16)18(20,21)22/h2-8,28-29H,9-10H2,1H3,(H,23,25,26)/t17-/m0/s1. The van der Waals surface area contributed by atoms with Crippen molar-refractivity contribution in [2.24, 2.45) is 0 Å². The highest BCUT2D eigenvalue weighted by Crippen LogP contribution is 2.29. The number of hydrogen-bond donors (Lipinski definition) is 3. The predicted molar refractivity (Wildman–Crippen MR) is 95.6 cm³/mol. The van der Waals surface area contributed by atoms with E-state index in [1.165, 1.54) is 29.9 Å². The van der Waals surface area contributed by atoms with Crippen molar-refractivity contribution in [3.05, 3.63) is 54.4 Å². The van der Waals surface area contributed by atoms with E-state index in [0.717, 1.165) is 18.3 Å². The fraction of sp³-hybridized carbons (Fsp3) is 0.278. The zero-order chi connectivity index (χ0) is 21.2. The second kappa shape index (κ2) is 7.76. The van der Waals surface area contributed by atoms with Gasteiger partial charge in [-0.1, -0.05) is 0 Å². The van der Waals surface area contributed by atoms with Gasteiger partial charge in [-0.15, -0.1) is 0 Å². The summed E-state index contributed by atoms with van der Waals surface area (Å²) in [5, 5.41) is 25.7. The molecule has 7 nitrogen and oxygen atoms in total. The summed E-state index contributed by atoms with van der Waals surface area (Å²) < 4.78 is 53.8. The molecule has 0 aliphatic rings. The van der Waals surface area contributed by atoms with Crippen LogP contribution in [0.3, 0.4) is 0 Å². The fourth-order valence-corrected chi connectivity index (χ4v) is 2.53. The van der Waals surface area contributed by atoms with Gasteiger partial charge in [0.25, 0.3) is 0 Å². The number of aliphatic hydroxyl groups is 2. The van der Waals surface area contributed by atoms with Crippen molar-refractivity contribution in [2.75, 3.05) is 11.9 Å². The topological polar surface area (TPSA) is 96.1 Å². The van der Waals surface area contributed by atoms with Crippen LogP contribution in [-0.4, -0.2) is 42.2 Å². The summed E-state index contributed by atoms with van der Waals surface area (Å²) in [6.45, 7) is 0.989. The lowest BCUT2D eigenvalue weighted by molar-refractivity contribution is -0.141. The van der Waals surface area contributed by atoms with E-state index < -0.39 is 29.9 Å². The number of nitrogens with zero attached hydrogens (tertiary/aromatic N) is 4. The summed E-state index contributed by atoms with van der Waals surface area (Å²) in [5.74, 6) is -0.960. The first-order valence-electron chi connectivity index (χ1n) is 8.40. The maximum atomic E-state index is 14.1. The number of rotatable bonds is 6. The molecule has 29 heavy (non-hydrogen) atoms. The molecule has 0 saturated heterocycles. The Hall–Kier alpha value is -3.05. The fourth-order valence-electron chi connectivity index (χ4n) is 2.53. The van der Waals surface area contributed by atoms with Gasteiger partial charge in [-0.3, -0.25) is 4.68 Å². The van der Waals surface area contributed by atoms with Crippen LogP contribution in [0, 0.1) is 5.82 Å². The molecule has 0 fully saturated rings. The Balaban J connectivity index is 1.85. The maximum Gasteiger partial charge on any atom is 0.433 e. The third kappa shape index (κ3) is 5.27. The lowest BCUT2D eigenvalue weighted by Crippen LogP contribution is -2.34. The quantitative estimate of drug-likeness (QED) is 0.540. The van der Waals surface area contributed by atoms with Crippen LogP contribution in [0.4, 0.5) is 29.2 Å². The van der Waals surface area contributed by atoms with Crippen LogP contribution in [-0.2, 0) is 12.7 Å². The summed E-state index contributed by atoms with van der Waals surface area (Å²) in [7, 11) is 0. The zero-order valence-electron chi connectivity index (χ0n) is 15.2. The van der Waals surface area contributed by atoms with E-state index in [2.05, 4.69) is 20.4 Å². The van der Waals surface area contributed by atoms with Gasteiger partial charge >= 0.3 is 6.18 Å². The zero-order valence-corrected chi connectivity index (χ0v) is 15.2. The molecule has 0 unspecified atom stereocenters. The van der Waals surface area contributed by atoms with Crippen LogP contribution in [0.15, 0.2) is 42.9 Å². The number of benzene rings is 1. The first-order valence-corrected chi connectivity index (χ1v) is 8.40. The minimum absolute atomic E-state index is 0.0159. The van der Waals surface area contributed by atoms with E-state index in [-0.39, 0.29) is 18.2 Å². The largest absolute Gasteiger partial charge is 0.433 e. The van der Waals surface area contributed by atoms with E-state index in [1.54, 1.807) is 6.20 Å². The van der Waals surface area contributed by atoms with Crippen molar-refractivity contribution in [3.8, 4) is 11.1 Å². The van der Waals surface area contributed by atoms with Gasteiger partial charge in [0.15, 0.2) is 0 Å². The highest BCUT2D eigenvalue weighted by Gasteiger charge is 2.32. The number of aliphatic hydroxyl groups excluding tert-OH is 1. The number of nitrogens with one attached hydrogen (secondary N) is 1. The first kappa shape index (κ1) is 20.7. The summed E-state index contributed by atoms with van der Waals surface area (Å²) >= 11 is 0. The summed E-state index contributed by atoms with van der Waals surface area (Å²) in [6.07, 6.45) is -0.692. The Morgan fingerprint density at radius 3 is 2.62 bits per heavy atom. The van der Waals surface area contributed by atoms with Gasteiger partial charge in [0.05, 0.1) is 19.3 Å². The summed E-state index contributed by atoms with van der Waals surface area (Å²) in [5.41, 5.74) is -1.45. The lowest BCUT2D eigenvalue weighted by Gasteiger charge is -2.19. The predicted octanol–water partition coefficient (Wildman–Crippen LogP) is 2.98. The van der Waals surface area contributed by atoms with Gasteiger partial charge in [0.2, 0.25) is 5.95 Å². The molecule has 0 saturated carbocycles. The van der Waals surface area contributed by atoms with E-state index in [4.69, 9.17) is 5.11 Å². The molecule has 0 aliphatic heterocycles. The molecule has 0 amide bonds. The molecule has 2 heterocycles. The maximum absolute atomic E-state index is 14.1. The minimum atomic E-state index is -4.63. The Bertz CT molecular complexity index is 1000. The van der Waals surface area contributed by atoms with E-state index in [9.17, 15) is 22.7 Å². The van der Waals surface area contributed by atoms with Gasteiger partial charge in [-0.2, -0.15) is 18.3 Å². The highest BCUT2D eigenvalue weighted by molar-refractivity contribution is 5.69. The van der Waals surface area contributed by atoms with Crippen LogP contribution >= 0.6 is 0 Å². The Morgan fingerprint density at radius 2 is 1.93 bits per heavy atom. The molecular weight excluding hydrogens is 394 g/mol. The van der Waals surface area contributed by atoms with Crippen LogP contribution in [0.2, 0.25) is 0 Å². The van der Waals surface area contributed by atoms with Gasteiger partial charge in [0.1, 0.15) is 17.1 Å². The lowest BCUT2D eigenvalue weighted by atomic mass is 10.1. The SMILES string of the molecule is C[C@@](O)(CO)Cn1cc(-c2cc(F)cc(Nc3nccc(C(F)(F)F)n3)c2)cn1. The normalized spacial score (nSPS) is 13.9. The number of alkyl halides is 3. The monoisotopic (exact) mass is 411 g/mol. The average Bonchev–Trinajstić information content (AvgIpc) is 3.08. The molecule has 3 N–H and O–H groups in total. The van der Waals surface area contributed by atoms with Crippen molar-refractivity contribution >= 4 is 11.6 Å². The molecule has 3 rings (SSSR count). The second-order valence-corrected chi connectivity index (χ2v) is 6.70. The number of aromatic nitrogens is 4. The molecule has 3 aromatic rings. The summed E-state index contributed by atoms with van der Waals surface area (Å²) in [4.78, 5) is 7.11. The molecule has 0 bridgehead atoms. The molecule has 2 aromatic heterocycles. The van der Waals surface area contributed by atoms with Crippen LogP contribution < -0.4 is 5.32 Å². The van der Waals surface area contributed by atoms with Crippen molar-refractivity contribution in [3.63, 3.8) is 0 Å². The van der Waals surface area contributed by atoms with E-state index in [1.807, 2.05) is 0 Å². The Kier molecular flexibility index (Phi) is 5.53. The number of halogens is 4. The number of anilines is 2. The highest BCUT2D eigenvalue weighted by atomic mass is 19.4. The van der Waals surface area contributed by atoms with Gasteiger partial charge in [-0.05, 0) is 36.8 Å². The molecule has 154 valence electrons. The molecule has 0 radical (unpaired) electrons. The van der Waals surface area contributed by atoms with Gasteiger partial charge in [-0.25, -0.2) is 14.4 Å². The molecule has 1 atom stereocenters. The van der Waals surface area contributed by atoms with Gasteiger partial charge < -0.3 is 15.5 Å². The van der Waals surface area contributed by atoms with E-state index >= 15 is 0 Å². The smallest absolute Gasteiger partial charge is 0.393 e. The van der Waals surface area contributed by atoms with Crippen molar-refractivity contribution in [1.29, 1.82) is 0 Å². The first-order chi connectivity index (χ1) is 13.6. The third-order valence-corrected chi connectivity index (χ3v) is 3.91. The molecule has 0 spiro atoms. The second-order valence-electron chi connectivity index (χ2n) is 6.70. The molecule has 0 aliphatic carbocycles. The Labute approximate surface area is 162 Å². The van der Waals surface area contributed by atoms with Crippen LogP contribution in [0.25, 0.3) is 11.1 Å². The van der Waals surface area contributed by atoms with Crippen molar-refractivity contribution < 1.29 is 27.8 Å². The average molecular weight is 411 g/mol. The van der Waals surface area contributed by atoms with Crippen LogP contribution in [0.5, 0.6) is 0 Å². The third-order valence-electron chi connectivity index (χ3n) is 3.91. The summed E-state index contributed by atoms with van der Waals surface area (Å²) in [6, 6.07) is 4.55. The molecule has 1 aromatic carbocycles. The van der Waals surface area contributed by atoms with E-state index in [0.29, 0.717) is 11.1 Å². The molecular formula is C18H17F4N5O2. The van der Waals surface area contributed by atoms with Crippen molar-refractivity contribution in [2.45, 2.75) is 25.2 Å². The Morgan fingerprint density at radius 1 is 1.17 bits per heavy atom. The molecule has 11 heteroatoms. The van der Waals surface area contributed by atoms with Crippen LogP contribution in [0.1, 0.15) is 12.6 Å². The van der Waals surface area contributed by atoms with Gasteiger partial charge in [0, 0.05) is 23.6 Å². The number of hydrogen-bond acceptors (Lipinski definition) is 6.